The fraction of sp³-hybridized carbons (Fsp3) is 0. The Hall–Kier alpha value is -5.44. The highest BCUT2D eigenvalue weighted by molar-refractivity contribution is 7.25. The van der Waals surface area contributed by atoms with Gasteiger partial charge in [0.05, 0.1) is 11.0 Å². The zero-order valence-corrected chi connectivity index (χ0v) is 24.5. The van der Waals surface area contributed by atoms with Crippen molar-refractivity contribution in [3.63, 3.8) is 0 Å². The van der Waals surface area contributed by atoms with Crippen molar-refractivity contribution in [3.05, 3.63) is 140 Å². The Kier molecular flexibility index (Phi) is 4.26. The molecular weight excluding hydrogens is 551 g/mol. The monoisotopic (exact) mass is 573 g/mol. The maximum absolute atomic E-state index is 2.56. The van der Waals surface area contributed by atoms with Gasteiger partial charge in [0.2, 0.25) is 0 Å². The Morgan fingerprint density at radius 3 is 1.82 bits per heavy atom. The van der Waals surface area contributed by atoms with Gasteiger partial charge in [-0.3, -0.25) is 0 Å². The Morgan fingerprint density at radius 1 is 0.364 bits per heavy atom. The van der Waals surface area contributed by atoms with Crippen LogP contribution in [0.3, 0.4) is 0 Å². The molecular formula is C42H23NS. The van der Waals surface area contributed by atoms with Gasteiger partial charge in [0, 0.05) is 42.0 Å². The predicted molar refractivity (Wildman–Crippen MR) is 191 cm³/mol. The normalized spacial score (nSPS) is 12.5. The molecule has 10 aromatic rings. The first-order valence-electron chi connectivity index (χ1n) is 15.2. The van der Waals surface area contributed by atoms with Crippen molar-refractivity contribution in [1.82, 2.24) is 4.57 Å². The van der Waals surface area contributed by atoms with E-state index in [9.17, 15) is 0 Å². The highest BCUT2D eigenvalue weighted by atomic mass is 32.1. The van der Waals surface area contributed by atoms with Crippen molar-refractivity contribution in [2.24, 2.45) is 0 Å². The predicted octanol–water partition coefficient (Wildman–Crippen LogP) is 12.3. The molecule has 0 radical (unpaired) electrons. The van der Waals surface area contributed by atoms with Crippen LogP contribution in [0, 0.1) is 0 Å². The minimum atomic E-state index is 1.21. The van der Waals surface area contributed by atoms with E-state index >= 15 is 0 Å². The van der Waals surface area contributed by atoms with Gasteiger partial charge >= 0.3 is 0 Å². The van der Waals surface area contributed by atoms with Crippen LogP contribution in [-0.2, 0) is 0 Å². The zero-order valence-electron chi connectivity index (χ0n) is 23.6. The second-order valence-corrected chi connectivity index (χ2v) is 13.1. The van der Waals surface area contributed by atoms with Gasteiger partial charge in [0.1, 0.15) is 0 Å². The smallest absolute Gasteiger partial charge is 0.0626 e. The third-order valence-corrected chi connectivity index (χ3v) is 11.0. The highest BCUT2D eigenvalue weighted by Gasteiger charge is 2.27. The van der Waals surface area contributed by atoms with Crippen LogP contribution in [0.25, 0.3) is 102 Å². The summed E-state index contributed by atoms with van der Waals surface area (Å²) >= 11 is 1.89. The average molecular weight is 574 g/mol. The van der Waals surface area contributed by atoms with E-state index in [1.807, 2.05) is 11.3 Å². The molecule has 44 heavy (non-hydrogen) atoms. The number of fused-ring (bicyclic) bond motifs is 15. The quantitative estimate of drug-likeness (QED) is 0.172. The molecule has 8 aromatic carbocycles. The first-order chi connectivity index (χ1) is 21.8. The molecule has 1 nitrogen and oxygen atoms in total. The minimum Gasteiger partial charge on any atom is -0.308 e. The number of nitrogens with zero attached hydrogens (tertiary/aromatic N) is 1. The van der Waals surface area contributed by atoms with Crippen molar-refractivity contribution in [2.45, 2.75) is 0 Å². The lowest BCUT2D eigenvalue weighted by atomic mass is 9.94. The van der Waals surface area contributed by atoms with Gasteiger partial charge < -0.3 is 4.57 Å². The maximum atomic E-state index is 2.56. The molecule has 0 atom stereocenters. The third kappa shape index (κ3) is 2.75. The molecule has 0 unspecified atom stereocenters. The van der Waals surface area contributed by atoms with Crippen molar-refractivity contribution >= 4 is 85.6 Å². The molecule has 2 aromatic heterocycles. The summed E-state index contributed by atoms with van der Waals surface area (Å²) in [5.74, 6) is 0. The molecule has 2 heterocycles. The summed E-state index contributed by atoms with van der Waals surface area (Å²) in [5, 5.41) is 13.2. The molecule has 2 heteroatoms. The van der Waals surface area contributed by atoms with E-state index in [1.54, 1.807) is 0 Å². The molecule has 0 saturated carbocycles. The minimum absolute atomic E-state index is 1.21. The lowest BCUT2D eigenvalue weighted by Crippen LogP contribution is -1.95. The lowest BCUT2D eigenvalue weighted by Gasteiger charge is -2.12. The van der Waals surface area contributed by atoms with Gasteiger partial charge in [0.15, 0.2) is 0 Å². The van der Waals surface area contributed by atoms with Gasteiger partial charge in [-0.1, -0.05) is 115 Å². The third-order valence-electron chi connectivity index (χ3n) is 9.89. The average Bonchev–Trinajstić information content (AvgIpc) is 3.74. The fourth-order valence-electron chi connectivity index (χ4n) is 8.15. The summed E-state index contributed by atoms with van der Waals surface area (Å²) in [6.07, 6.45) is 0. The van der Waals surface area contributed by atoms with Crippen LogP contribution >= 0.6 is 11.3 Å². The van der Waals surface area contributed by atoms with E-state index in [2.05, 4.69) is 144 Å². The molecule has 0 N–H and O–H groups in total. The summed E-state index contributed by atoms with van der Waals surface area (Å²) in [6, 6.07) is 52.1. The topological polar surface area (TPSA) is 4.93 Å². The van der Waals surface area contributed by atoms with Crippen LogP contribution in [0.1, 0.15) is 0 Å². The molecule has 0 aliphatic heterocycles. The van der Waals surface area contributed by atoms with E-state index < -0.39 is 0 Å². The van der Waals surface area contributed by atoms with Crippen LogP contribution in [-0.4, -0.2) is 4.57 Å². The summed E-state index contributed by atoms with van der Waals surface area (Å²) in [4.78, 5) is 0. The first kappa shape index (κ1) is 23.1. The fourth-order valence-corrected chi connectivity index (χ4v) is 9.29. The van der Waals surface area contributed by atoms with Crippen LogP contribution in [0.4, 0.5) is 0 Å². The van der Waals surface area contributed by atoms with Crippen LogP contribution in [0.15, 0.2) is 140 Å². The van der Waals surface area contributed by atoms with Crippen molar-refractivity contribution in [2.75, 3.05) is 0 Å². The first-order valence-corrected chi connectivity index (χ1v) is 16.0. The van der Waals surface area contributed by atoms with E-state index in [4.69, 9.17) is 0 Å². The van der Waals surface area contributed by atoms with E-state index in [1.165, 1.54) is 102 Å². The Labute approximate surface area is 256 Å². The number of hydrogen-bond donors (Lipinski definition) is 0. The summed E-state index contributed by atoms with van der Waals surface area (Å²) in [7, 11) is 0. The number of rotatable bonds is 1. The standard InChI is InChI=1S/C42H23NS/c1-2-13-28-26(11-1)31-17-9-18-34-39(31)35(28)23-36-40(34)41-32-15-5-3-10-25(32)27-12-4-6-16-33(27)42(41)43(36)24-20-21-30-29-14-7-8-19-37(29)44-38(30)22-24/h1-23H. The summed E-state index contributed by atoms with van der Waals surface area (Å²) in [5.41, 5.74) is 9.09. The van der Waals surface area contributed by atoms with Crippen LogP contribution in [0.2, 0.25) is 0 Å². The highest BCUT2D eigenvalue weighted by Crippen LogP contribution is 2.53. The number of hydrogen-bond acceptors (Lipinski definition) is 1. The molecule has 11 rings (SSSR count). The molecule has 0 bridgehead atoms. The lowest BCUT2D eigenvalue weighted by molar-refractivity contribution is 1.20. The van der Waals surface area contributed by atoms with Crippen molar-refractivity contribution in [1.29, 1.82) is 0 Å². The van der Waals surface area contributed by atoms with E-state index in [0.717, 1.165) is 0 Å². The van der Waals surface area contributed by atoms with Gasteiger partial charge in [-0.2, -0.15) is 0 Å². The van der Waals surface area contributed by atoms with Crippen LogP contribution < -0.4 is 0 Å². The van der Waals surface area contributed by atoms with E-state index in [-0.39, 0.29) is 0 Å². The summed E-state index contributed by atoms with van der Waals surface area (Å²) < 4.78 is 5.22. The molecule has 0 saturated heterocycles. The SMILES string of the molecule is c1ccc2c(c1)-c1cccc3c1c-2cc1c3c2c3ccccc3c3ccccc3c2n1-c1ccc2c(c1)sc1ccccc12. The summed E-state index contributed by atoms with van der Waals surface area (Å²) in [6.45, 7) is 0. The van der Waals surface area contributed by atoms with Gasteiger partial charge in [-0.15, -0.1) is 11.3 Å². The van der Waals surface area contributed by atoms with Crippen molar-refractivity contribution in [3.8, 4) is 27.9 Å². The molecule has 0 fully saturated rings. The molecule has 0 amide bonds. The molecule has 1 aliphatic carbocycles. The number of aromatic nitrogens is 1. The second-order valence-electron chi connectivity index (χ2n) is 12.0. The Morgan fingerprint density at radius 2 is 0.977 bits per heavy atom. The Balaban J connectivity index is 1.42. The van der Waals surface area contributed by atoms with Gasteiger partial charge in [0.25, 0.3) is 0 Å². The van der Waals surface area contributed by atoms with Crippen LogP contribution in [0.5, 0.6) is 0 Å². The number of benzene rings is 8. The molecule has 202 valence electrons. The number of thiophene rings is 1. The zero-order chi connectivity index (χ0) is 28.5. The maximum Gasteiger partial charge on any atom is 0.0626 e. The van der Waals surface area contributed by atoms with E-state index in [0.29, 0.717) is 0 Å². The van der Waals surface area contributed by atoms with Gasteiger partial charge in [-0.05, 0) is 73.5 Å². The molecule has 0 spiro atoms. The van der Waals surface area contributed by atoms with Gasteiger partial charge in [-0.25, -0.2) is 0 Å². The second kappa shape index (κ2) is 8.13. The molecule has 1 aliphatic rings. The Bertz CT molecular complexity index is 2880. The largest absolute Gasteiger partial charge is 0.308 e. The van der Waals surface area contributed by atoms with Crippen molar-refractivity contribution < 1.29 is 0 Å².